The van der Waals surface area contributed by atoms with E-state index in [0.717, 1.165) is 6.26 Å². The van der Waals surface area contributed by atoms with Crippen LogP contribution < -0.4 is 0 Å². The quantitative estimate of drug-likeness (QED) is 0.685. The summed E-state index contributed by atoms with van der Waals surface area (Å²) in [6.07, 6.45) is 1.02. The molecule has 0 saturated carbocycles. The van der Waals surface area contributed by atoms with E-state index in [2.05, 4.69) is 4.18 Å². The Kier molecular flexibility index (Phi) is 6.18. The van der Waals surface area contributed by atoms with E-state index >= 15 is 0 Å². The van der Waals surface area contributed by atoms with Gasteiger partial charge in [0.15, 0.2) is 0 Å². The molecule has 0 spiro atoms. The summed E-state index contributed by atoms with van der Waals surface area (Å²) in [5, 5.41) is 0. The van der Waals surface area contributed by atoms with Crippen LogP contribution in [0.15, 0.2) is 36.4 Å². The number of benzene rings is 1. The van der Waals surface area contributed by atoms with Gasteiger partial charge in [-0.05, 0) is 6.92 Å². The van der Waals surface area contributed by atoms with Crippen LogP contribution in [0.1, 0.15) is 6.92 Å². The van der Waals surface area contributed by atoms with Gasteiger partial charge in [0.25, 0.3) is 10.1 Å². The molecule has 0 radical (unpaired) electrons. The van der Waals surface area contributed by atoms with Crippen LogP contribution in [-0.2, 0) is 14.3 Å². The average Bonchev–Trinajstić information content (AvgIpc) is 2.06. The second kappa shape index (κ2) is 6.62. The molecular formula is C9H14O3S. The molecule has 3 nitrogen and oxygen atoms in total. The summed E-state index contributed by atoms with van der Waals surface area (Å²) in [5.41, 5.74) is 0. The molecule has 0 amide bonds. The Morgan fingerprint density at radius 2 is 1.31 bits per heavy atom. The van der Waals surface area contributed by atoms with Crippen molar-refractivity contribution in [1.82, 2.24) is 0 Å². The van der Waals surface area contributed by atoms with Crippen LogP contribution in [-0.4, -0.2) is 21.3 Å². The molecule has 0 aromatic heterocycles. The molecule has 1 rings (SSSR count). The summed E-state index contributed by atoms with van der Waals surface area (Å²) < 4.78 is 24.2. The molecule has 0 unspecified atom stereocenters. The molecule has 74 valence electrons. The van der Waals surface area contributed by atoms with Crippen molar-refractivity contribution in [2.75, 3.05) is 12.9 Å². The van der Waals surface area contributed by atoms with Gasteiger partial charge in [-0.1, -0.05) is 36.4 Å². The van der Waals surface area contributed by atoms with E-state index in [4.69, 9.17) is 0 Å². The highest BCUT2D eigenvalue weighted by Gasteiger charge is 1.94. The van der Waals surface area contributed by atoms with E-state index in [1.54, 1.807) is 6.92 Å². The molecule has 0 N–H and O–H groups in total. The zero-order valence-electron chi connectivity index (χ0n) is 7.80. The highest BCUT2D eigenvalue weighted by Crippen LogP contribution is 1.82. The lowest BCUT2D eigenvalue weighted by molar-refractivity contribution is 0.342. The Balaban J connectivity index is 0.000000223. The summed E-state index contributed by atoms with van der Waals surface area (Å²) in [6.45, 7) is 1.85. The van der Waals surface area contributed by atoms with Gasteiger partial charge >= 0.3 is 0 Å². The van der Waals surface area contributed by atoms with Gasteiger partial charge < -0.3 is 0 Å². The molecule has 0 fully saturated rings. The number of hydrogen-bond acceptors (Lipinski definition) is 3. The molecule has 0 heterocycles. The predicted molar refractivity (Wildman–Crippen MR) is 52.9 cm³/mol. The fraction of sp³-hybridized carbons (Fsp3) is 0.333. The van der Waals surface area contributed by atoms with Crippen LogP contribution in [0.2, 0.25) is 0 Å². The molecule has 0 aliphatic rings. The lowest BCUT2D eigenvalue weighted by atomic mass is 10.4. The van der Waals surface area contributed by atoms with E-state index in [1.807, 2.05) is 36.4 Å². The maximum Gasteiger partial charge on any atom is 0.264 e. The van der Waals surface area contributed by atoms with Crippen molar-refractivity contribution >= 4 is 10.1 Å². The Morgan fingerprint density at radius 3 is 1.38 bits per heavy atom. The summed E-state index contributed by atoms with van der Waals surface area (Å²) in [6, 6.07) is 12.0. The smallest absolute Gasteiger partial charge is 0.264 e. The molecular weight excluding hydrogens is 188 g/mol. The van der Waals surface area contributed by atoms with Crippen LogP contribution in [0.4, 0.5) is 0 Å². The van der Waals surface area contributed by atoms with Crippen molar-refractivity contribution in [3.63, 3.8) is 0 Å². The van der Waals surface area contributed by atoms with Gasteiger partial charge in [-0.2, -0.15) is 8.42 Å². The molecule has 4 heteroatoms. The van der Waals surface area contributed by atoms with Gasteiger partial charge in [0.2, 0.25) is 0 Å². The van der Waals surface area contributed by atoms with Gasteiger partial charge in [-0.25, -0.2) is 0 Å². The zero-order valence-corrected chi connectivity index (χ0v) is 8.62. The molecule has 0 atom stereocenters. The molecule has 0 aliphatic heterocycles. The van der Waals surface area contributed by atoms with E-state index in [9.17, 15) is 8.42 Å². The van der Waals surface area contributed by atoms with E-state index in [1.165, 1.54) is 0 Å². The van der Waals surface area contributed by atoms with Crippen LogP contribution in [0.3, 0.4) is 0 Å². The second-order valence-electron chi connectivity index (χ2n) is 2.27. The first-order chi connectivity index (χ1) is 6.06. The third-order valence-corrected chi connectivity index (χ3v) is 1.66. The van der Waals surface area contributed by atoms with Gasteiger partial charge in [0.05, 0.1) is 12.9 Å². The fourth-order valence-corrected chi connectivity index (χ4v) is 1.03. The largest absolute Gasteiger partial charge is 0.271 e. The highest BCUT2D eigenvalue weighted by molar-refractivity contribution is 7.85. The third-order valence-electron chi connectivity index (χ3n) is 0.999. The van der Waals surface area contributed by atoms with Crippen molar-refractivity contribution in [3.8, 4) is 0 Å². The van der Waals surface area contributed by atoms with Gasteiger partial charge in [-0.15, -0.1) is 0 Å². The van der Waals surface area contributed by atoms with Gasteiger partial charge in [-0.3, -0.25) is 4.18 Å². The monoisotopic (exact) mass is 202 g/mol. The second-order valence-corrected chi connectivity index (χ2v) is 3.91. The minimum Gasteiger partial charge on any atom is -0.271 e. The Hall–Kier alpha value is -0.870. The third kappa shape index (κ3) is 11.1. The van der Waals surface area contributed by atoms with Crippen molar-refractivity contribution in [1.29, 1.82) is 0 Å². The van der Waals surface area contributed by atoms with Gasteiger partial charge in [0.1, 0.15) is 0 Å². The Bertz CT molecular complexity index is 265. The lowest BCUT2D eigenvalue weighted by Gasteiger charge is -1.90. The topological polar surface area (TPSA) is 43.4 Å². The fourth-order valence-electron chi connectivity index (χ4n) is 0.599. The van der Waals surface area contributed by atoms with Crippen LogP contribution in [0.5, 0.6) is 0 Å². The number of hydrogen-bond donors (Lipinski definition) is 0. The SMILES string of the molecule is CCOS(C)(=O)=O.c1ccccc1. The molecule has 1 aromatic rings. The van der Waals surface area contributed by atoms with Crippen LogP contribution in [0.25, 0.3) is 0 Å². The maximum atomic E-state index is 10.0. The summed E-state index contributed by atoms with van der Waals surface area (Å²) in [7, 11) is -3.17. The van der Waals surface area contributed by atoms with Crippen molar-refractivity contribution in [2.45, 2.75) is 6.92 Å². The molecule has 0 aliphatic carbocycles. The van der Waals surface area contributed by atoms with Crippen molar-refractivity contribution < 1.29 is 12.6 Å². The van der Waals surface area contributed by atoms with E-state index in [-0.39, 0.29) is 6.61 Å². The van der Waals surface area contributed by atoms with E-state index in [0.29, 0.717) is 0 Å². The summed E-state index contributed by atoms with van der Waals surface area (Å²) >= 11 is 0. The minimum absolute atomic E-state index is 0.221. The minimum atomic E-state index is -3.17. The Labute approximate surface area is 79.5 Å². The first-order valence-corrected chi connectivity index (χ1v) is 5.72. The molecule has 0 saturated heterocycles. The maximum absolute atomic E-state index is 10.0. The summed E-state index contributed by atoms with van der Waals surface area (Å²) in [4.78, 5) is 0. The standard InChI is InChI=1S/C6H6.C3H8O3S/c1-2-4-6-5-3-1;1-3-6-7(2,4)5/h1-6H;3H2,1-2H3. The molecule has 1 aromatic carbocycles. The summed E-state index contributed by atoms with van der Waals surface area (Å²) in [5.74, 6) is 0. The first-order valence-electron chi connectivity index (χ1n) is 3.90. The Morgan fingerprint density at radius 1 is 1.00 bits per heavy atom. The first kappa shape index (κ1) is 12.1. The van der Waals surface area contributed by atoms with Crippen molar-refractivity contribution in [2.24, 2.45) is 0 Å². The van der Waals surface area contributed by atoms with Gasteiger partial charge in [0, 0.05) is 0 Å². The van der Waals surface area contributed by atoms with E-state index < -0.39 is 10.1 Å². The molecule has 13 heavy (non-hydrogen) atoms. The van der Waals surface area contributed by atoms with Crippen molar-refractivity contribution in [3.05, 3.63) is 36.4 Å². The van der Waals surface area contributed by atoms with Crippen LogP contribution >= 0.6 is 0 Å². The zero-order chi connectivity index (χ0) is 10.2. The molecule has 0 bridgehead atoms. The lowest BCUT2D eigenvalue weighted by Crippen LogP contribution is -2.00. The highest BCUT2D eigenvalue weighted by atomic mass is 32.2. The predicted octanol–water partition coefficient (Wildman–Crippen LogP) is 1.67. The normalized spacial score (nSPS) is 10.0. The average molecular weight is 202 g/mol. The van der Waals surface area contributed by atoms with Crippen LogP contribution in [0, 0.1) is 0 Å². The number of rotatable bonds is 2.